The zero-order chi connectivity index (χ0) is 45.7. The Labute approximate surface area is 398 Å². The van der Waals surface area contributed by atoms with Crippen LogP contribution in [0.5, 0.6) is 0 Å². The van der Waals surface area contributed by atoms with E-state index in [9.17, 15) is 0 Å². The first-order chi connectivity index (χ1) is 33.2. The molecule has 0 saturated heterocycles. The van der Waals surface area contributed by atoms with Crippen LogP contribution in [0.2, 0.25) is 0 Å². The maximum atomic E-state index is 5.40. The van der Waals surface area contributed by atoms with E-state index < -0.39 is 0 Å². The highest BCUT2D eigenvalue weighted by atomic mass is 14.9. The summed E-state index contributed by atoms with van der Waals surface area (Å²) in [6, 6.07) is 79.9. The van der Waals surface area contributed by atoms with Crippen LogP contribution in [0, 0.1) is 0 Å². The average Bonchev–Trinajstić information content (AvgIpc) is 3.76. The Balaban J connectivity index is 0.967. The van der Waals surface area contributed by atoms with E-state index in [1.807, 2.05) is 0 Å². The van der Waals surface area contributed by atoms with E-state index in [-0.39, 0.29) is 10.8 Å². The van der Waals surface area contributed by atoms with Gasteiger partial charge in [0.1, 0.15) is 0 Å². The van der Waals surface area contributed by atoms with Crippen LogP contribution in [0.1, 0.15) is 49.9 Å². The fourth-order valence-electron chi connectivity index (χ4n) is 11.7. The van der Waals surface area contributed by atoms with Crippen LogP contribution < -0.4 is 0 Å². The summed E-state index contributed by atoms with van der Waals surface area (Å²) in [5, 5.41) is 4.91. The third kappa shape index (κ3) is 6.10. The summed E-state index contributed by atoms with van der Waals surface area (Å²) < 4.78 is 0. The van der Waals surface area contributed by atoms with E-state index >= 15 is 0 Å². The highest BCUT2D eigenvalue weighted by molar-refractivity contribution is 6.09. The SMILES string of the molecule is CC1(C)c2cc(-c3ccccc3-c3cc(-c4ccc(-c5cccc6c5-c5cc7ccccc7cc5C6(C)C)c5ccccc45)nc(-c4ccccc4)n3)ccc2-c2c(-c3ccccc3)cccc21. The van der Waals surface area contributed by atoms with Crippen molar-refractivity contribution in [3.05, 3.63) is 241 Å². The molecule has 11 aromatic rings. The van der Waals surface area contributed by atoms with Crippen molar-refractivity contribution < 1.29 is 0 Å². The first-order valence-corrected chi connectivity index (χ1v) is 23.8. The van der Waals surface area contributed by atoms with Gasteiger partial charge in [-0.1, -0.05) is 222 Å². The quantitative estimate of drug-likeness (QED) is 0.166. The standard InChI is InChI=1S/C66H48N2/c1-65(2)56-31-17-29-47(41-19-7-5-8-20-41)62(56)54-34-33-45(39-58(54)65)46-25-13-16-28-51(46)60-40-61(68-64(67-60)42-21-9-6-10-22-42)52-36-35-50(48-26-14-15-27-49(48)52)53-30-18-32-57-63(53)55-37-43-23-11-12-24-44(43)38-59(55)66(57,3)4/h5-40H,1-4H3. The third-order valence-corrected chi connectivity index (χ3v) is 15.1. The van der Waals surface area contributed by atoms with Crippen molar-refractivity contribution >= 4 is 21.5 Å². The number of fused-ring (bicyclic) bond motifs is 8. The van der Waals surface area contributed by atoms with Crippen molar-refractivity contribution in [2.75, 3.05) is 0 Å². The van der Waals surface area contributed by atoms with Gasteiger partial charge in [-0.25, -0.2) is 9.97 Å². The van der Waals surface area contributed by atoms with Gasteiger partial charge in [-0.15, -0.1) is 0 Å². The molecule has 2 nitrogen and oxygen atoms in total. The molecule has 0 unspecified atom stereocenters. The van der Waals surface area contributed by atoms with Gasteiger partial charge in [-0.05, 0) is 124 Å². The molecular weight excluding hydrogens is 821 g/mol. The zero-order valence-electron chi connectivity index (χ0n) is 38.7. The molecule has 0 aliphatic heterocycles. The fraction of sp³-hybridized carbons (Fsp3) is 0.0909. The number of hydrogen-bond acceptors (Lipinski definition) is 2. The normalized spacial score (nSPS) is 13.8. The van der Waals surface area contributed by atoms with Crippen molar-refractivity contribution in [3.63, 3.8) is 0 Å². The molecule has 0 radical (unpaired) electrons. The molecule has 0 saturated carbocycles. The minimum atomic E-state index is -0.177. The van der Waals surface area contributed by atoms with Gasteiger partial charge in [-0.3, -0.25) is 0 Å². The topological polar surface area (TPSA) is 25.8 Å². The third-order valence-electron chi connectivity index (χ3n) is 15.1. The van der Waals surface area contributed by atoms with Gasteiger partial charge in [0.05, 0.1) is 11.4 Å². The molecule has 0 spiro atoms. The largest absolute Gasteiger partial charge is 0.228 e. The van der Waals surface area contributed by atoms with Crippen LogP contribution in [0.25, 0.3) is 111 Å². The molecule has 0 fully saturated rings. The van der Waals surface area contributed by atoms with Crippen molar-refractivity contribution in [2.24, 2.45) is 0 Å². The molecule has 2 aliphatic carbocycles. The van der Waals surface area contributed by atoms with Gasteiger partial charge in [0.25, 0.3) is 0 Å². The highest BCUT2D eigenvalue weighted by Crippen LogP contribution is 2.55. The molecular formula is C66H48N2. The number of nitrogens with zero attached hydrogens (tertiary/aromatic N) is 2. The molecule has 322 valence electrons. The van der Waals surface area contributed by atoms with E-state index in [4.69, 9.17) is 9.97 Å². The van der Waals surface area contributed by atoms with Crippen molar-refractivity contribution in [1.82, 2.24) is 9.97 Å². The van der Waals surface area contributed by atoms with Crippen molar-refractivity contribution in [2.45, 2.75) is 38.5 Å². The number of benzene rings is 10. The second-order valence-electron chi connectivity index (χ2n) is 19.7. The molecule has 10 aromatic carbocycles. The average molecular weight is 869 g/mol. The molecule has 13 rings (SSSR count). The Hall–Kier alpha value is -8.20. The first kappa shape index (κ1) is 40.1. The van der Waals surface area contributed by atoms with Crippen LogP contribution >= 0.6 is 0 Å². The Morgan fingerprint density at radius 1 is 0.279 bits per heavy atom. The van der Waals surface area contributed by atoms with Gasteiger partial charge >= 0.3 is 0 Å². The highest BCUT2D eigenvalue weighted by Gasteiger charge is 2.39. The predicted octanol–water partition coefficient (Wildman–Crippen LogP) is 17.4. The number of aromatic nitrogens is 2. The maximum absolute atomic E-state index is 5.40. The molecule has 2 aliphatic rings. The summed E-state index contributed by atoms with van der Waals surface area (Å²) in [6.45, 7) is 9.48. The Kier molecular flexibility index (Phi) is 8.95. The molecule has 0 atom stereocenters. The smallest absolute Gasteiger partial charge is 0.160 e. The van der Waals surface area contributed by atoms with E-state index in [1.54, 1.807) is 0 Å². The molecule has 0 bridgehead atoms. The lowest BCUT2D eigenvalue weighted by atomic mass is 9.81. The monoisotopic (exact) mass is 868 g/mol. The van der Waals surface area contributed by atoms with Gasteiger partial charge in [0.15, 0.2) is 5.82 Å². The van der Waals surface area contributed by atoms with Crippen LogP contribution in [-0.4, -0.2) is 9.97 Å². The molecule has 1 heterocycles. The Bertz CT molecular complexity index is 3840. The second kappa shape index (κ2) is 15.2. The summed E-state index contributed by atoms with van der Waals surface area (Å²) in [6.07, 6.45) is 0. The van der Waals surface area contributed by atoms with Gasteiger partial charge in [0, 0.05) is 27.5 Å². The molecule has 0 amide bonds. The summed E-state index contributed by atoms with van der Waals surface area (Å²) in [5.41, 5.74) is 22.7. The van der Waals surface area contributed by atoms with E-state index in [0.29, 0.717) is 5.82 Å². The predicted molar refractivity (Wildman–Crippen MR) is 285 cm³/mol. The fourth-order valence-corrected chi connectivity index (χ4v) is 11.7. The van der Waals surface area contributed by atoms with Crippen molar-refractivity contribution in [1.29, 1.82) is 0 Å². The zero-order valence-corrected chi connectivity index (χ0v) is 38.7. The van der Waals surface area contributed by atoms with Crippen LogP contribution in [0.3, 0.4) is 0 Å². The second-order valence-corrected chi connectivity index (χ2v) is 19.7. The molecule has 2 heteroatoms. The molecule has 1 aromatic heterocycles. The molecule has 68 heavy (non-hydrogen) atoms. The minimum absolute atomic E-state index is 0.130. The van der Waals surface area contributed by atoms with Gasteiger partial charge in [0.2, 0.25) is 0 Å². The lowest BCUT2D eigenvalue weighted by Crippen LogP contribution is -2.15. The van der Waals surface area contributed by atoms with Crippen LogP contribution in [-0.2, 0) is 10.8 Å². The number of rotatable bonds is 6. The van der Waals surface area contributed by atoms with Gasteiger partial charge < -0.3 is 0 Å². The number of hydrogen-bond donors (Lipinski definition) is 0. The van der Waals surface area contributed by atoms with Crippen LogP contribution in [0.4, 0.5) is 0 Å². The Morgan fingerprint density at radius 3 is 1.49 bits per heavy atom. The summed E-state index contributed by atoms with van der Waals surface area (Å²) >= 11 is 0. The lowest BCUT2D eigenvalue weighted by Gasteiger charge is -2.22. The summed E-state index contributed by atoms with van der Waals surface area (Å²) in [5.74, 6) is 0.701. The minimum Gasteiger partial charge on any atom is -0.228 e. The first-order valence-electron chi connectivity index (χ1n) is 23.8. The maximum Gasteiger partial charge on any atom is 0.160 e. The van der Waals surface area contributed by atoms with E-state index in [0.717, 1.165) is 39.0 Å². The van der Waals surface area contributed by atoms with Gasteiger partial charge in [-0.2, -0.15) is 0 Å². The van der Waals surface area contributed by atoms with Crippen LogP contribution in [0.15, 0.2) is 218 Å². The Morgan fingerprint density at radius 2 is 0.779 bits per heavy atom. The lowest BCUT2D eigenvalue weighted by molar-refractivity contribution is 0.660. The van der Waals surface area contributed by atoms with E-state index in [2.05, 4.69) is 246 Å². The van der Waals surface area contributed by atoms with Crippen molar-refractivity contribution in [3.8, 4) is 89.5 Å². The van der Waals surface area contributed by atoms with E-state index in [1.165, 1.54) is 88.5 Å². The molecule has 0 N–H and O–H groups in total. The summed E-state index contributed by atoms with van der Waals surface area (Å²) in [4.78, 5) is 10.8. The summed E-state index contributed by atoms with van der Waals surface area (Å²) in [7, 11) is 0.